The number of anilines is 2. The highest BCUT2D eigenvalue weighted by molar-refractivity contribution is 14.1. The standard InChI is InChI=1S/C24H20FIN6O2S/c25-18-10-15(6-7-19(18)31-35(34)21-8-5-14(11-27)9-20(21)33)17-12-32(16-3-1-2-4-16)24-22(17)23(30-26)28-13-29-24/h5-10,12-13,16,31,33H,1-4H2,(H,28,29,30). The van der Waals surface area contributed by atoms with E-state index in [2.05, 4.69) is 22.8 Å². The van der Waals surface area contributed by atoms with Gasteiger partial charge in [0.25, 0.3) is 0 Å². The molecule has 8 nitrogen and oxygen atoms in total. The molecule has 3 N–H and O–H groups in total. The first-order valence-electron chi connectivity index (χ1n) is 10.9. The summed E-state index contributed by atoms with van der Waals surface area (Å²) in [5.74, 6) is -0.237. The van der Waals surface area contributed by atoms with Crippen molar-refractivity contribution >= 4 is 56.4 Å². The second-order valence-electron chi connectivity index (χ2n) is 8.26. The van der Waals surface area contributed by atoms with E-state index in [-0.39, 0.29) is 21.9 Å². The quantitative estimate of drug-likeness (QED) is 0.189. The normalized spacial score (nSPS) is 14.7. The Labute approximate surface area is 217 Å². The molecule has 2 aromatic carbocycles. The van der Waals surface area contributed by atoms with Crippen LogP contribution < -0.4 is 8.25 Å². The Hall–Kier alpha value is -3.24. The van der Waals surface area contributed by atoms with Crippen molar-refractivity contribution in [2.24, 2.45) is 0 Å². The molecule has 5 rings (SSSR count). The van der Waals surface area contributed by atoms with Crippen LogP contribution in [0.15, 0.2) is 53.8 Å². The Morgan fingerprint density at radius 2 is 2.00 bits per heavy atom. The maximum Gasteiger partial charge on any atom is 0.154 e. The second-order valence-corrected chi connectivity index (χ2v) is 9.98. The molecule has 1 aliphatic carbocycles. The van der Waals surface area contributed by atoms with Gasteiger partial charge in [-0.2, -0.15) is 5.26 Å². The topological polar surface area (TPSA) is 116 Å². The molecule has 1 aliphatic rings. The number of nitrogens with one attached hydrogen (secondary N) is 2. The highest BCUT2D eigenvalue weighted by atomic mass is 127. The summed E-state index contributed by atoms with van der Waals surface area (Å²) < 4.78 is 35.7. The summed E-state index contributed by atoms with van der Waals surface area (Å²) in [7, 11) is -1.93. The maximum atomic E-state index is 15.2. The molecule has 4 aromatic rings. The molecule has 1 saturated carbocycles. The van der Waals surface area contributed by atoms with Crippen molar-refractivity contribution in [3.8, 4) is 22.9 Å². The Morgan fingerprint density at radius 1 is 1.20 bits per heavy atom. The number of halogens is 2. The van der Waals surface area contributed by atoms with Crippen molar-refractivity contribution in [1.29, 1.82) is 5.26 Å². The van der Waals surface area contributed by atoms with Crippen molar-refractivity contribution < 1.29 is 13.7 Å². The van der Waals surface area contributed by atoms with Gasteiger partial charge in [0.05, 0.1) is 45.6 Å². The number of nitriles is 1. The van der Waals surface area contributed by atoms with Crippen LogP contribution in [0.2, 0.25) is 0 Å². The summed E-state index contributed by atoms with van der Waals surface area (Å²) in [5.41, 5.74) is 2.52. The molecule has 0 radical (unpaired) electrons. The predicted molar refractivity (Wildman–Crippen MR) is 141 cm³/mol. The van der Waals surface area contributed by atoms with Gasteiger partial charge in [0.1, 0.15) is 34.3 Å². The third kappa shape index (κ3) is 4.43. The number of aromatic hydroxyl groups is 1. The largest absolute Gasteiger partial charge is 0.507 e. The van der Waals surface area contributed by atoms with E-state index in [9.17, 15) is 9.32 Å². The molecule has 35 heavy (non-hydrogen) atoms. The van der Waals surface area contributed by atoms with Gasteiger partial charge in [0, 0.05) is 17.8 Å². The van der Waals surface area contributed by atoms with Crippen molar-refractivity contribution in [2.75, 3.05) is 8.25 Å². The van der Waals surface area contributed by atoms with Crippen LogP contribution in [0, 0.1) is 17.1 Å². The van der Waals surface area contributed by atoms with Gasteiger partial charge in [-0.25, -0.2) is 18.6 Å². The van der Waals surface area contributed by atoms with E-state index < -0.39 is 16.8 Å². The van der Waals surface area contributed by atoms with Crippen molar-refractivity contribution in [3.05, 3.63) is 60.3 Å². The zero-order valence-corrected chi connectivity index (χ0v) is 21.3. The minimum Gasteiger partial charge on any atom is -0.507 e. The SMILES string of the molecule is N#Cc1ccc(S(=O)Nc2ccc(-c3cn(C4CCCC4)c4ncnc(NI)c34)cc2F)c(O)c1. The van der Waals surface area contributed by atoms with Crippen LogP contribution in [-0.4, -0.2) is 23.9 Å². The van der Waals surface area contributed by atoms with Gasteiger partial charge in [-0.15, -0.1) is 0 Å². The summed E-state index contributed by atoms with van der Waals surface area (Å²) in [5, 5.41) is 19.8. The molecule has 0 spiro atoms. The fourth-order valence-electron chi connectivity index (χ4n) is 4.50. The third-order valence-corrected chi connectivity index (χ3v) is 7.85. The van der Waals surface area contributed by atoms with Crippen molar-refractivity contribution in [1.82, 2.24) is 14.5 Å². The lowest BCUT2D eigenvalue weighted by Crippen LogP contribution is -2.06. The summed E-state index contributed by atoms with van der Waals surface area (Å²) in [6.45, 7) is 0. The van der Waals surface area contributed by atoms with Gasteiger partial charge in [0.15, 0.2) is 11.0 Å². The zero-order valence-electron chi connectivity index (χ0n) is 18.3. The van der Waals surface area contributed by atoms with E-state index in [1.807, 2.05) is 35.1 Å². The summed E-state index contributed by atoms with van der Waals surface area (Å²) >= 11 is 2.03. The minimum atomic E-state index is -1.93. The van der Waals surface area contributed by atoms with Crippen molar-refractivity contribution in [3.63, 3.8) is 0 Å². The molecule has 1 atom stereocenters. The van der Waals surface area contributed by atoms with Gasteiger partial charge in [-0.05, 0) is 48.7 Å². The summed E-state index contributed by atoms with van der Waals surface area (Å²) in [4.78, 5) is 8.94. The van der Waals surface area contributed by atoms with Crippen LogP contribution in [0.5, 0.6) is 5.75 Å². The minimum absolute atomic E-state index is 0.0267. The van der Waals surface area contributed by atoms with Gasteiger partial charge in [-0.3, -0.25) is 4.72 Å². The molecule has 0 amide bonds. The molecular weight excluding hydrogens is 582 g/mol. The highest BCUT2D eigenvalue weighted by Gasteiger charge is 2.24. The van der Waals surface area contributed by atoms with Crippen LogP contribution in [-0.2, 0) is 11.0 Å². The number of hydrogen-bond donors (Lipinski definition) is 3. The maximum absolute atomic E-state index is 15.2. The van der Waals surface area contributed by atoms with Crippen LogP contribution in [0.25, 0.3) is 22.2 Å². The van der Waals surface area contributed by atoms with E-state index in [0.717, 1.165) is 29.4 Å². The Kier molecular flexibility index (Phi) is 6.57. The van der Waals surface area contributed by atoms with E-state index in [0.29, 0.717) is 17.4 Å². The number of benzene rings is 2. The Morgan fingerprint density at radius 3 is 2.69 bits per heavy atom. The average Bonchev–Trinajstić information content (AvgIpc) is 3.53. The highest BCUT2D eigenvalue weighted by Crippen LogP contribution is 2.40. The first-order chi connectivity index (χ1) is 17.0. The number of hydrogen-bond acceptors (Lipinski definition) is 6. The first kappa shape index (κ1) is 23.5. The molecule has 1 fully saturated rings. The van der Waals surface area contributed by atoms with E-state index in [1.165, 1.54) is 49.5 Å². The monoisotopic (exact) mass is 602 g/mol. The molecule has 2 heterocycles. The summed E-state index contributed by atoms with van der Waals surface area (Å²) in [6, 6.07) is 10.9. The molecule has 0 bridgehead atoms. The number of phenols is 1. The molecule has 0 aliphatic heterocycles. The lowest BCUT2D eigenvalue weighted by atomic mass is 10.1. The summed E-state index contributed by atoms with van der Waals surface area (Å²) in [6.07, 6.45) is 8.03. The van der Waals surface area contributed by atoms with E-state index in [1.54, 1.807) is 6.07 Å². The van der Waals surface area contributed by atoms with Crippen LogP contribution in [0.1, 0.15) is 37.3 Å². The fourth-order valence-corrected chi connectivity index (χ4v) is 5.82. The van der Waals surface area contributed by atoms with Crippen LogP contribution in [0.4, 0.5) is 15.9 Å². The van der Waals surface area contributed by atoms with Gasteiger partial charge in [0.2, 0.25) is 0 Å². The number of rotatable bonds is 6. The lowest BCUT2D eigenvalue weighted by molar-refractivity contribution is 0.461. The first-order valence-corrected chi connectivity index (χ1v) is 13.2. The molecule has 2 aromatic heterocycles. The van der Waals surface area contributed by atoms with Gasteiger partial charge < -0.3 is 13.2 Å². The number of fused-ring (bicyclic) bond motifs is 1. The predicted octanol–water partition coefficient (Wildman–Crippen LogP) is 5.83. The fraction of sp³-hybridized carbons (Fsp3) is 0.208. The molecule has 1 unspecified atom stereocenters. The van der Waals surface area contributed by atoms with Crippen molar-refractivity contribution in [2.45, 2.75) is 36.6 Å². The molecule has 0 saturated heterocycles. The number of phenolic OH excluding ortho intramolecular Hbond substituents is 1. The van der Waals surface area contributed by atoms with Crippen LogP contribution >= 0.6 is 22.9 Å². The average molecular weight is 602 g/mol. The van der Waals surface area contributed by atoms with E-state index >= 15 is 4.39 Å². The second kappa shape index (κ2) is 9.79. The number of aromatic nitrogens is 3. The zero-order chi connectivity index (χ0) is 24.5. The van der Waals surface area contributed by atoms with Gasteiger partial charge >= 0.3 is 0 Å². The van der Waals surface area contributed by atoms with E-state index in [4.69, 9.17) is 5.26 Å². The molecule has 178 valence electrons. The number of nitrogens with zero attached hydrogens (tertiary/aromatic N) is 4. The third-order valence-electron chi connectivity index (χ3n) is 6.19. The molecular formula is C24H20FIN6O2S. The molecule has 11 heteroatoms. The lowest BCUT2D eigenvalue weighted by Gasteiger charge is -2.12. The Balaban J connectivity index is 1.50. The van der Waals surface area contributed by atoms with Crippen LogP contribution in [0.3, 0.4) is 0 Å². The Bertz CT molecular complexity index is 1500. The van der Waals surface area contributed by atoms with Gasteiger partial charge in [-0.1, -0.05) is 18.9 Å². The smallest absolute Gasteiger partial charge is 0.154 e.